The van der Waals surface area contributed by atoms with Crippen molar-refractivity contribution >= 4 is 6.08 Å². The van der Waals surface area contributed by atoms with Gasteiger partial charge >= 0.3 is 0 Å². The van der Waals surface area contributed by atoms with Crippen LogP contribution in [-0.2, 0) is 0 Å². The van der Waals surface area contributed by atoms with Crippen molar-refractivity contribution in [2.24, 2.45) is 11.3 Å². The third-order valence-corrected chi connectivity index (χ3v) is 7.23. The number of hydrogen-bond donors (Lipinski definition) is 3. The molecule has 1 aromatic rings. The fourth-order valence-electron chi connectivity index (χ4n) is 5.40. The van der Waals surface area contributed by atoms with Crippen LogP contribution < -0.4 is 5.32 Å². The van der Waals surface area contributed by atoms with E-state index in [1.807, 2.05) is 0 Å². The molecule has 1 saturated heterocycles. The van der Waals surface area contributed by atoms with Crippen LogP contribution in [0, 0.1) is 11.3 Å². The number of aliphatic hydroxyl groups excluding tert-OH is 2. The van der Waals surface area contributed by atoms with Crippen LogP contribution in [0.15, 0.2) is 35.9 Å². The van der Waals surface area contributed by atoms with Gasteiger partial charge in [0.1, 0.15) is 0 Å². The minimum atomic E-state index is -0.589. The molecule has 0 aromatic heterocycles. The summed E-state index contributed by atoms with van der Waals surface area (Å²) in [6, 6.07) is 12.1. The molecule has 1 aliphatic heterocycles. The molecule has 154 valence electrons. The molecule has 4 heteroatoms. The fraction of sp³-hybridized carbons (Fsp3) is 0.667. The van der Waals surface area contributed by atoms with Crippen molar-refractivity contribution in [1.82, 2.24) is 10.2 Å². The second-order valence-corrected chi connectivity index (χ2v) is 9.34. The summed E-state index contributed by atoms with van der Waals surface area (Å²) in [5, 5.41) is 22.6. The highest BCUT2D eigenvalue weighted by Gasteiger charge is 2.49. The molecule has 2 aliphatic carbocycles. The summed E-state index contributed by atoms with van der Waals surface area (Å²) >= 11 is 0. The SMILES string of the molecule is CC/C(=C\c1ccccc1)[C@H]1C[C@@H]1NC1CC2(CCN(CC(O)CO)CC2)C1. The second-order valence-electron chi connectivity index (χ2n) is 9.34. The van der Waals surface area contributed by atoms with Gasteiger partial charge in [-0.25, -0.2) is 0 Å². The number of piperidine rings is 1. The van der Waals surface area contributed by atoms with Gasteiger partial charge in [-0.3, -0.25) is 0 Å². The van der Waals surface area contributed by atoms with E-state index in [4.69, 9.17) is 5.11 Å². The number of hydrogen-bond acceptors (Lipinski definition) is 4. The molecule has 3 N–H and O–H groups in total. The lowest BCUT2D eigenvalue weighted by Crippen LogP contribution is -2.55. The Kier molecular flexibility index (Phi) is 6.21. The van der Waals surface area contributed by atoms with Crippen LogP contribution in [0.4, 0.5) is 0 Å². The van der Waals surface area contributed by atoms with Crippen molar-refractivity contribution in [3.8, 4) is 0 Å². The van der Waals surface area contributed by atoms with E-state index in [1.165, 1.54) is 37.7 Å². The summed E-state index contributed by atoms with van der Waals surface area (Å²) in [6.07, 6.45) is 9.35. The van der Waals surface area contributed by atoms with E-state index in [2.05, 4.69) is 53.5 Å². The van der Waals surface area contributed by atoms with Crippen molar-refractivity contribution in [1.29, 1.82) is 0 Å². The first-order valence-corrected chi connectivity index (χ1v) is 11.1. The molecular formula is C24H36N2O2. The Balaban J connectivity index is 1.21. The van der Waals surface area contributed by atoms with Crippen LogP contribution in [0.25, 0.3) is 6.08 Å². The Hall–Kier alpha value is -1.20. The van der Waals surface area contributed by atoms with Crippen LogP contribution in [0.2, 0.25) is 0 Å². The first-order valence-electron chi connectivity index (χ1n) is 11.1. The summed E-state index contributed by atoms with van der Waals surface area (Å²) in [7, 11) is 0. The van der Waals surface area contributed by atoms with Gasteiger partial charge in [-0.2, -0.15) is 0 Å². The zero-order valence-corrected chi connectivity index (χ0v) is 17.2. The standard InChI is InChI=1S/C24H36N2O2/c1-2-19(12-18-6-4-3-5-7-18)22-13-23(22)25-20-14-24(15-20)8-10-26(11-9-24)16-21(28)17-27/h3-7,12,20-23,25,27-28H,2,8-11,13-17H2,1H3/b19-12+/t21?,22-,23+/m1/s1. The molecule has 1 aromatic carbocycles. The Morgan fingerprint density at radius 1 is 1.25 bits per heavy atom. The molecule has 3 aliphatic rings. The van der Waals surface area contributed by atoms with Gasteiger partial charge in [0.05, 0.1) is 12.7 Å². The first-order chi connectivity index (χ1) is 13.6. The quantitative estimate of drug-likeness (QED) is 0.645. The zero-order valence-electron chi connectivity index (χ0n) is 17.2. The van der Waals surface area contributed by atoms with Crippen molar-refractivity contribution in [3.05, 3.63) is 41.5 Å². The van der Waals surface area contributed by atoms with Gasteiger partial charge in [0.25, 0.3) is 0 Å². The number of nitrogens with one attached hydrogen (secondary N) is 1. The van der Waals surface area contributed by atoms with E-state index in [0.29, 0.717) is 24.0 Å². The molecule has 3 atom stereocenters. The predicted octanol–water partition coefficient (Wildman–Crippen LogP) is 3.06. The van der Waals surface area contributed by atoms with E-state index in [1.54, 1.807) is 5.57 Å². The second kappa shape index (κ2) is 8.66. The Morgan fingerprint density at radius 2 is 1.96 bits per heavy atom. The lowest BCUT2D eigenvalue weighted by Gasteiger charge is -2.53. The molecule has 1 heterocycles. The number of rotatable bonds is 8. The maximum Gasteiger partial charge on any atom is 0.0897 e. The molecule has 3 fully saturated rings. The Labute approximate surface area is 169 Å². The maximum atomic E-state index is 9.64. The molecule has 0 bridgehead atoms. The van der Waals surface area contributed by atoms with Crippen molar-refractivity contribution in [3.63, 3.8) is 0 Å². The van der Waals surface area contributed by atoms with Gasteiger partial charge in [-0.15, -0.1) is 0 Å². The lowest BCUT2D eigenvalue weighted by atomic mass is 9.60. The molecule has 4 rings (SSSR count). The van der Waals surface area contributed by atoms with Gasteiger partial charge in [0.15, 0.2) is 0 Å². The number of β-amino-alcohol motifs (C(OH)–C–C–N with tert-alkyl or cyclic N) is 1. The largest absolute Gasteiger partial charge is 0.394 e. The lowest BCUT2D eigenvalue weighted by molar-refractivity contribution is -0.0145. The highest BCUT2D eigenvalue weighted by molar-refractivity contribution is 5.54. The number of aliphatic hydroxyl groups is 2. The summed E-state index contributed by atoms with van der Waals surface area (Å²) in [6.45, 7) is 4.90. The molecule has 4 nitrogen and oxygen atoms in total. The minimum Gasteiger partial charge on any atom is -0.394 e. The van der Waals surface area contributed by atoms with Crippen molar-refractivity contribution in [2.45, 2.75) is 63.6 Å². The van der Waals surface area contributed by atoms with Crippen LogP contribution in [0.1, 0.15) is 51.0 Å². The highest BCUT2D eigenvalue weighted by atomic mass is 16.3. The van der Waals surface area contributed by atoms with Crippen LogP contribution >= 0.6 is 0 Å². The van der Waals surface area contributed by atoms with E-state index >= 15 is 0 Å². The number of benzene rings is 1. The van der Waals surface area contributed by atoms with Gasteiger partial charge in [0.2, 0.25) is 0 Å². The first kappa shape index (κ1) is 20.1. The van der Waals surface area contributed by atoms with Gasteiger partial charge in [-0.05, 0) is 68.5 Å². The Bertz CT molecular complexity index is 658. The van der Waals surface area contributed by atoms with Gasteiger partial charge in [0, 0.05) is 18.6 Å². The van der Waals surface area contributed by atoms with Gasteiger partial charge < -0.3 is 20.4 Å². The normalized spacial score (nSPS) is 28.9. The molecule has 0 amide bonds. The molecule has 1 spiro atoms. The van der Waals surface area contributed by atoms with E-state index in [0.717, 1.165) is 25.4 Å². The third kappa shape index (κ3) is 4.68. The van der Waals surface area contributed by atoms with Crippen LogP contribution in [-0.4, -0.2) is 59.5 Å². The number of likely N-dealkylation sites (tertiary alicyclic amines) is 1. The zero-order chi connectivity index (χ0) is 19.6. The van der Waals surface area contributed by atoms with E-state index in [9.17, 15) is 5.11 Å². The molecule has 0 radical (unpaired) electrons. The van der Waals surface area contributed by atoms with Crippen LogP contribution in [0.3, 0.4) is 0 Å². The van der Waals surface area contributed by atoms with Crippen molar-refractivity contribution in [2.75, 3.05) is 26.2 Å². The molecule has 2 saturated carbocycles. The highest BCUT2D eigenvalue weighted by Crippen LogP contribution is 2.51. The van der Waals surface area contributed by atoms with Gasteiger partial charge in [-0.1, -0.05) is 48.9 Å². The predicted molar refractivity (Wildman–Crippen MR) is 114 cm³/mol. The monoisotopic (exact) mass is 384 g/mol. The smallest absolute Gasteiger partial charge is 0.0897 e. The minimum absolute atomic E-state index is 0.130. The van der Waals surface area contributed by atoms with Crippen LogP contribution in [0.5, 0.6) is 0 Å². The average molecular weight is 385 g/mol. The number of nitrogens with zero attached hydrogens (tertiary/aromatic N) is 1. The third-order valence-electron chi connectivity index (χ3n) is 7.23. The topological polar surface area (TPSA) is 55.7 Å². The summed E-state index contributed by atoms with van der Waals surface area (Å²) < 4.78 is 0. The molecule has 28 heavy (non-hydrogen) atoms. The van der Waals surface area contributed by atoms with E-state index < -0.39 is 6.10 Å². The van der Waals surface area contributed by atoms with E-state index in [-0.39, 0.29) is 6.61 Å². The average Bonchev–Trinajstić information content (AvgIpc) is 3.46. The van der Waals surface area contributed by atoms with Crippen molar-refractivity contribution < 1.29 is 10.2 Å². The Morgan fingerprint density at radius 3 is 2.61 bits per heavy atom. The maximum absolute atomic E-state index is 9.64. The summed E-state index contributed by atoms with van der Waals surface area (Å²) in [5.74, 6) is 0.726. The fourth-order valence-corrected chi connectivity index (χ4v) is 5.40. The molecular weight excluding hydrogens is 348 g/mol. The summed E-state index contributed by atoms with van der Waals surface area (Å²) in [5.41, 5.74) is 3.45. The molecule has 1 unspecified atom stereocenters. The summed E-state index contributed by atoms with van der Waals surface area (Å²) in [4.78, 5) is 2.31.